The molecule has 0 aliphatic rings. The highest BCUT2D eigenvalue weighted by molar-refractivity contribution is 5.87. The zero-order valence-electron chi connectivity index (χ0n) is 12.8. The van der Waals surface area contributed by atoms with Gasteiger partial charge in [-0.1, -0.05) is 0 Å². The number of aryl methyl sites for hydroxylation is 1. The number of carbonyl (C=O) groups excluding carboxylic acids is 1. The average molecular weight is 303 g/mol. The molecule has 0 aliphatic carbocycles. The third-order valence-corrected chi connectivity index (χ3v) is 2.90. The maximum Gasteiger partial charge on any atom is 0.356 e. The maximum absolute atomic E-state index is 11.6. The summed E-state index contributed by atoms with van der Waals surface area (Å²) in [7, 11) is 4.44. The molecule has 2 rings (SSSR count). The van der Waals surface area contributed by atoms with Crippen LogP contribution in [0.25, 0.3) is 0 Å². The molecular formula is C15H17N3O4. The standard InChI is InChI=1S/C15H17N3O4/c1-9-7-12(14(19)22-4)18-15(16-9)17-11-6-5-10(20-2)8-13(11)21-3/h5-8H,1-4H3,(H,16,17,18). The first-order chi connectivity index (χ1) is 10.6. The van der Waals surface area contributed by atoms with Gasteiger partial charge in [0, 0.05) is 11.8 Å². The Bertz CT molecular complexity index is 688. The van der Waals surface area contributed by atoms with Crippen molar-refractivity contribution in [3.8, 4) is 11.5 Å². The van der Waals surface area contributed by atoms with Crippen molar-refractivity contribution in [1.29, 1.82) is 0 Å². The zero-order valence-corrected chi connectivity index (χ0v) is 12.8. The molecule has 1 aromatic heterocycles. The zero-order chi connectivity index (χ0) is 16.1. The number of nitrogens with zero attached hydrogens (tertiary/aromatic N) is 2. The van der Waals surface area contributed by atoms with Crippen LogP contribution in [-0.4, -0.2) is 37.3 Å². The van der Waals surface area contributed by atoms with E-state index in [9.17, 15) is 4.79 Å². The number of rotatable bonds is 5. The predicted octanol–water partition coefficient (Wildman–Crippen LogP) is 2.33. The Kier molecular flexibility index (Phi) is 4.77. The number of methoxy groups -OCH3 is 3. The van der Waals surface area contributed by atoms with E-state index in [-0.39, 0.29) is 11.6 Å². The highest BCUT2D eigenvalue weighted by atomic mass is 16.5. The van der Waals surface area contributed by atoms with Crippen molar-refractivity contribution in [2.75, 3.05) is 26.6 Å². The summed E-state index contributed by atoms with van der Waals surface area (Å²) in [5, 5.41) is 3.02. The van der Waals surface area contributed by atoms with Gasteiger partial charge in [-0.2, -0.15) is 0 Å². The summed E-state index contributed by atoms with van der Waals surface area (Å²) >= 11 is 0. The van der Waals surface area contributed by atoms with Gasteiger partial charge in [0.25, 0.3) is 0 Å². The highest BCUT2D eigenvalue weighted by Gasteiger charge is 2.12. The van der Waals surface area contributed by atoms with Crippen LogP contribution in [-0.2, 0) is 4.74 Å². The summed E-state index contributed by atoms with van der Waals surface area (Å²) in [5.74, 6) is 1.01. The van der Waals surface area contributed by atoms with E-state index >= 15 is 0 Å². The average Bonchev–Trinajstić information content (AvgIpc) is 2.53. The number of anilines is 2. The molecule has 0 spiro atoms. The number of esters is 1. The second kappa shape index (κ2) is 6.75. The van der Waals surface area contributed by atoms with E-state index < -0.39 is 5.97 Å². The molecule has 7 nitrogen and oxygen atoms in total. The first-order valence-electron chi connectivity index (χ1n) is 6.50. The Morgan fingerprint density at radius 3 is 2.50 bits per heavy atom. The minimum absolute atomic E-state index is 0.185. The number of aromatic nitrogens is 2. The molecular weight excluding hydrogens is 286 g/mol. The van der Waals surface area contributed by atoms with E-state index in [1.807, 2.05) is 0 Å². The fourth-order valence-electron chi connectivity index (χ4n) is 1.86. The minimum Gasteiger partial charge on any atom is -0.497 e. The lowest BCUT2D eigenvalue weighted by Gasteiger charge is -2.12. The lowest BCUT2D eigenvalue weighted by molar-refractivity contribution is 0.0594. The van der Waals surface area contributed by atoms with Crippen molar-refractivity contribution in [2.45, 2.75) is 6.92 Å². The summed E-state index contributed by atoms with van der Waals surface area (Å²) in [6.07, 6.45) is 0. The van der Waals surface area contributed by atoms with Gasteiger partial charge in [0.05, 0.1) is 27.0 Å². The molecule has 2 aromatic rings. The molecule has 0 radical (unpaired) electrons. The van der Waals surface area contributed by atoms with Crippen LogP contribution in [0.3, 0.4) is 0 Å². The van der Waals surface area contributed by atoms with E-state index in [2.05, 4.69) is 20.0 Å². The van der Waals surface area contributed by atoms with E-state index in [1.54, 1.807) is 45.4 Å². The predicted molar refractivity (Wildman–Crippen MR) is 80.9 cm³/mol. The van der Waals surface area contributed by atoms with Crippen LogP contribution in [0.1, 0.15) is 16.2 Å². The molecule has 1 N–H and O–H groups in total. The number of hydrogen-bond acceptors (Lipinski definition) is 7. The van der Waals surface area contributed by atoms with Gasteiger partial charge in [-0.3, -0.25) is 0 Å². The minimum atomic E-state index is -0.518. The van der Waals surface area contributed by atoms with Crippen LogP contribution in [0.15, 0.2) is 24.3 Å². The summed E-state index contributed by atoms with van der Waals surface area (Å²) in [6.45, 7) is 1.77. The van der Waals surface area contributed by atoms with E-state index in [1.165, 1.54) is 7.11 Å². The Morgan fingerprint density at radius 2 is 1.86 bits per heavy atom. The molecule has 0 bridgehead atoms. The molecule has 0 aliphatic heterocycles. The van der Waals surface area contributed by atoms with Gasteiger partial charge in [-0.15, -0.1) is 0 Å². The normalized spacial score (nSPS) is 10.0. The number of nitrogens with one attached hydrogen (secondary N) is 1. The maximum atomic E-state index is 11.6. The summed E-state index contributed by atoms with van der Waals surface area (Å²) in [6, 6.07) is 6.85. The Hall–Kier alpha value is -2.83. The van der Waals surface area contributed by atoms with E-state index in [0.29, 0.717) is 22.9 Å². The summed E-state index contributed by atoms with van der Waals surface area (Å²) in [5.41, 5.74) is 1.49. The monoisotopic (exact) mass is 303 g/mol. The number of benzene rings is 1. The van der Waals surface area contributed by atoms with Crippen LogP contribution in [0.4, 0.5) is 11.6 Å². The van der Waals surface area contributed by atoms with Crippen LogP contribution < -0.4 is 14.8 Å². The van der Waals surface area contributed by atoms with Crippen LogP contribution in [0, 0.1) is 6.92 Å². The van der Waals surface area contributed by atoms with E-state index in [0.717, 1.165) is 0 Å². The van der Waals surface area contributed by atoms with Crippen molar-refractivity contribution in [1.82, 2.24) is 9.97 Å². The van der Waals surface area contributed by atoms with Crippen molar-refractivity contribution in [3.63, 3.8) is 0 Å². The molecule has 116 valence electrons. The fraction of sp³-hybridized carbons (Fsp3) is 0.267. The molecule has 0 fully saturated rings. The number of hydrogen-bond donors (Lipinski definition) is 1. The van der Waals surface area contributed by atoms with Crippen LogP contribution >= 0.6 is 0 Å². The third-order valence-electron chi connectivity index (χ3n) is 2.90. The molecule has 0 saturated heterocycles. The van der Waals surface area contributed by atoms with Crippen molar-refractivity contribution >= 4 is 17.6 Å². The lowest BCUT2D eigenvalue weighted by atomic mass is 10.2. The molecule has 1 heterocycles. The Balaban J connectivity index is 2.34. The van der Waals surface area contributed by atoms with Crippen LogP contribution in [0.5, 0.6) is 11.5 Å². The molecule has 1 aromatic carbocycles. The summed E-state index contributed by atoms with van der Waals surface area (Å²) < 4.78 is 15.1. The van der Waals surface area contributed by atoms with Crippen molar-refractivity contribution in [2.24, 2.45) is 0 Å². The summed E-state index contributed by atoms with van der Waals surface area (Å²) in [4.78, 5) is 20.0. The number of ether oxygens (including phenoxy) is 3. The van der Waals surface area contributed by atoms with E-state index in [4.69, 9.17) is 9.47 Å². The Labute approximate surface area is 128 Å². The Morgan fingerprint density at radius 1 is 1.09 bits per heavy atom. The van der Waals surface area contributed by atoms with Gasteiger partial charge < -0.3 is 19.5 Å². The molecule has 0 atom stereocenters. The second-order valence-electron chi connectivity index (χ2n) is 4.40. The van der Waals surface area contributed by atoms with Gasteiger partial charge in [-0.25, -0.2) is 14.8 Å². The van der Waals surface area contributed by atoms with Gasteiger partial charge >= 0.3 is 5.97 Å². The van der Waals surface area contributed by atoms with Crippen LogP contribution in [0.2, 0.25) is 0 Å². The molecule has 0 unspecified atom stereocenters. The van der Waals surface area contributed by atoms with Gasteiger partial charge in [0.2, 0.25) is 5.95 Å². The molecule has 22 heavy (non-hydrogen) atoms. The largest absolute Gasteiger partial charge is 0.497 e. The molecule has 0 amide bonds. The highest BCUT2D eigenvalue weighted by Crippen LogP contribution is 2.30. The second-order valence-corrected chi connectivity index (χ2v) is 4.40. The smallest absolute Gasteiger partial charge is 0.356 e. The van der Waals surface area contributed by atoms with Crippen molar-refractivity contribution in [3.05, 3.63) is 35.7 Å². The molecule has 0 saturated carbocycles. The van der Waals surface area contributed by atoms with Gasteiger partial charge in [-0.05, 0) is 25.1 Å². The van der Waals surface area contributed by atoms with Gasteiger partial charge in [0.1, 0.15) is 11.5 Å². The van der Waals surface area contributed by atoms with Crippen molar-refractivity contribution < 1.29 is 19.0 Å². The van der Waals surface area contributed by atoms with Gasteiger partial charge in [0.15, 0.2) is 5.69 Å². The number of carbonyl (C=O) groups is 1. The SMILES string of the molecule is COC(=O)c1cc(C)nc(Nc2ccc(OC)cc2OC)n1. The third kappa shape index (κ3) is 3.43. The molecule has 7 heteroatoms. The fourth-order valence-corrected chi connectivity index (χ4v) is 1.86. The first kappa shape index (κ1) is 15.6. The first-order valence-corrected chi connectivity index (χ1v) is 6.50. The quantitative estimate of drug-likeness (QED) is 0.849. The lowest BCUT2D eigenvalue weighted by Crippen LogP contribution is -2.09. The topological polar surface area (TPSA) is 82.6 Å².